The number of hydrogen-bond acceptors (Lipinski definition) is 3. The molecule has 0 radical (unpaired) electrons. The molecule has 0 atom stereocenters. The number of halogens is 2. The van der Waals surface area contributed by atoms with Crippen molar-refractivity contribution in [1.82, 2.24) is 10.3 Å². The highest BCUT2D eigenvalue weighted by Gasteiger charge is 2.14. The van der Waals surface area contributed by atoms with Gasteiger partial charge in [-0.3, -0.25) is 4.79 Å². The molecule has 4 aromatic rings. The number of para-hydroxylation sites is 1. The quantitative estimate of drug-likeness (QED) is 0.422. The van der Waals surface area contributed by atoms with Crippen LogP contribution in [0.3, 0.4) is 0 Å². The highest BCUT2D eigenvalue weighted by atomic mass is 35.5. The number of fused-ring (bicyclic) bond motifs is 1. The van der Waals surface area contributed by atoms with Crippen LogP contribution < -0.4 is 5.32 Å². The topological polar surface area (TPSA) is 42.0 Å². The summed E-state index contributed by atoms with van der Waals surface area (Å²) in [6.07, 6.45) is 0. The molecule has 0 aliphatic rings. The van der Waals surface area contributed by atoms with Crippen molar-refractivity contribution in [2.45, 2.75) is 16.5 Å². The number of nitrogens with one attached hydrogen (secondary N) is 1. The van der Waals surface area contributed by atoms with Gasteiger partial charge < -0.3 is 5.32 Å². The van der Waals surface area contributed by atoms with Crippen molar-refractivity contribution in [1.29, 1.82) is 0 Å². The average Bonchev–Trinajstić information content (AvgIpc) is 2.74. The summed E-state index contributed by atoms with van der Waals surface area (Å²) in [4.78, 5) is 18.4. The third kappa shape index (κ3) is 4.58. The molecule has 6 heteroatoms. The van der Waals surface area contributed by atoms with Crippen molar-refractivity contribution in [3.63, 3.8) is 0 Å². The highest BCUT2D eigenvalue weighted by molar-refractivity contribution is 7.99. The van der Waals surface area contributed by atoms with E-state index in [2.05, 4.69) is 10.3 Å². The number of carbonyl (C=O) groups excluding carboxylic acids is 1. The van der Waals surface area contributed by atoms with E-state index in [0.29, 0.717) is 22.2 Å². The van der Waals surface area contributed by atoms with Crippen LogP contribution in [-0.2, 0) is 6.54 Å². The summed E-state index contributed by atoms with van der Waals surface area (Å²) < 4.78 is 13.2. The first-order valence-corrected chi connectivity index (χ1v) is 10.1. The van der Waals surface area contributed by atoms with Gasteiger partial charge in [0.15, 0.2) is 0 Å². The Morgan fingerprint density at radius 2 is 1.72 bits per heavy atom. The lowest BCUT2D eigenvalue weighted by molar-refractivity contribution is 0.0952. The predicted octanol–water partition coefficient (Wildman–Crippen LogP) is 6.11. The zero-order valence-electron chi connectivity index (χ0n) is 15.2. The number of hydrogen-bond donors (Lipinski definition) is 1. The molecular formula is C23H16ClFN2OS. The zero-order valence-corrected chi connectivity index (χ0v) is 16.8. The van der Waals surface area contributed by atoms with Gasteiger partial charge in [0.2, 0.25) is 0 Å². The maximum absolute atomic E-state index is 13.2. The Hall–Kier alpha value is -2.89. The number of benzene rings is 3. The summed E-state index contributed by atoms with van der Waals surface area (Å²) in [6.45, 7) is 0.329. The van der Waals surface area contributed by atoms with Gasteiger partial charge >= 0.3 is 0 Å². The van der Waals surface area contributed by atoms with Crippen molar-refractivity contribution < 1.29 is 9.18 Å². The van der Waals surface area contributed by atoms with Gasteiger partial charge in [-0.15, -0.1) is 0 Å². The molecule has 1 amide bonds. The van der Waals surface area contributed by atoms with Gasteiger partial charge in [0.25, 0.3) is 5.91 Å². The molecule has 0 unspecified atom stereocenters. The first-order valence-electron chi connectivity index (χ1n) is 8.95. The SMILES string of the molecule is O=C(NCc1ccccc1Cl)c1cc(Sc2ccc(F)cc2)nc2ccccc12. The van der Waals surface area contributed by atoms with Crippen LogP contribution in [0, 0.1) is 5.82 Å². The molecule has 144 valence electrons. The summed E-state index contributed by atoms with van der Waals surface area (Å²) in [5.41, 5.74) is 2.11. The van der Waals surface area contributed by atoms with Gasteiger partial charge in [0, 0.05) is 21.8 Å². The van der Waals surface area contributed by atoms with Crippen LogP contribution in [0.5, 0.6) is 0 Å². The van der Waals surface area contributed by atoms with E-state index in [-0.39, 0.29) is 11.7 Å². The van der Waals surface area contributed by atoms with E-state index < -0.39 is 0 Å². The van der Waals surface area contributed by atoms with Crippen molar-refractivity contribution in [2.24, 2.45) is 0 Å². The van der Waals surface area contributed by atoms with E-state index in [9.17, 15) is 9.18 Å². The third-order valence-corrected chi connectivity index (χ3v) is 5.67. The van der Waals surface area contributed by atoms with Crippen LogP contribution in [0.15, 0.2) is 88.8 Å². The normalized spacial score (nSPS) is 10.8. The van der Waals surface area contributed by atoms with E-state index in [0.717, 1.165) is 21.4 Å². The Labute approximate surface area is 176 Å². The average molecular weight is 423 g/mol. The maximum Gasteiger partial charge on any atom is 0.252 e. The third-order valence-electron chi connectivity index (χ3n) is 4.37. The number of carbonyl (C=O) groups is 1. The molecule has 3 aromatic carbocycles. The second-order valence-corrected chi connectivity index (χ2v) is 7.86. The Morgan fingerprint density at radius 1 is 1.00 bits per heavy atom. The van der Waals surface area contributed by atoms with Gasteiger partial charge in [0.05, 0.1) is 11.1 Å². The predicted molar refractivity (Wildman–Crippen MR) is 115 cm³/mol. The van der Waals surface area contributed by atoms with Crippen molar-refractivity contribution in [3.8, 4) is 0 Å². The summed E-state index contributed by atoms with van der Waals surface area (Å²) in [7, 11) is 0. The van der Waals surface area contributed by atoms with Gasteiger partial charge in [-0.1, -0.05) is 59.8 Å². The lowest BCUT2D eigenvalue weighted by atomic mass is 10.1. The molecule has 0 bridgehead atoms. The molecular weight excluding hydrogens is 407 g/mol. The number of pyridine rings is 1. The highest BCUT2D eigenvalue weighted by Crippen LogP contribution is 2.30. The fourth-order valence-electron chi connectivity index (χ4n) is 2.93. The second-order valence-electron chi connectivity index (χ2n) is 6.36. The second kappa shape index (κ2) is 8.64. The number of nitrogens with zero attached hydrogens (tertiary/aromatic N) is 1. The molecule has 1 aromatic heterocycles. The number of rotatable bonds is 5. The molecule has 0 aliphatic carbocycles. The molecule has 0 saturated heterocycles. The Bertz CT molecular complexity index is 1180. The Balaban J connectivity index is 1.64. The minimum atomic E-state index is -0.291. The monoisotopic (exact) mass is 422 g/mol. The molecule has 0 fully saturated rings. The van der Waals surface area contributed by atoms with Crippen LogP contribution in [0.2, 0.25) is 5.02 Å². The van der Waals surface area contributed by atoms with Crippen LogP contribution in [-0.4, -0.2) is 10.9 Å². The van der Waals surface area contributed by atoms with Gasteiger partial charge in [-0.25, -0.2) is 9.37 Å². The van der Waals surface area contributed by atoms with E-state index in [1.54, 1.807) is 24.3 Å². The molecule has 4 rings (SSSR count). The molecule has 0 saturated carbocycles. The molecule has 1 heterocycles. The Morgan fingerprint density at radius 3 is 2.52 bits per heavy atom. The minimum Gasteiger partial charge on any atom is -0.348 e. The summed E-state index contributed by atoms with van der Waals surface area (Å²) in [5, 5.41) is 4.98. The Kier molecular flexibility index (Phi) is 5.79. The van der Waals surface area contributed by atoms with E-state index in [4.69, 9.17) is 11.6 Å². The fraction of sp³-hybridized carbons (Fsp3) is 0.0435. The van der Waals surface area contributed by atoms with Crippen molar-refractivity contribution in [3.05, 3.63) is 101 Å². The minimum absolute atomic E-state index is 0.204. The van der Waals surface area contributed by atoms with Crippen LogP contribution in [0.1, 0.15) is 15.9 Å². The van der Waals surface area contributed by atoms with Crippen LogP contribution >= 0.6 is 23.4 Å². The van der Waals surface area contributed by atoms with Gasteiger partial charge in [-0.05, 0) is 48.0 Å². The van der Waals surface area contributed by atoms with Gasteiger partial charge in [0.1, 0.15) is 10.8 Å². The fourth-order valence-corrected chi connectivity index (χ4v) is 3.96. The first kappa shape index (κ1) is 19.4. The molecule has 1 N–H and O–H groups in total. The van der Waals surface area contributed by atoms with Gasteiger partial charge in [-0.2, -0.15) is 0 Å². The van der Waals surface area contributed by atoms with E-state index in [1.807, 2.05) is 42.5 Å². The molecule has 0 spiro atoms. The zero-order chi connectivity index (χ0) is 20.2. The summed E-state index contributed by atoms with van der Waals surface area (Å²) in [6, 6.07) is 22.9. The lowest BCUT2D eigenvalue weighted by Gasteiger charge is -2.11. The maximum atomic E-state index is 13.2. The largest absolute Gasteiger partial charge is 0.348 e. The molecule has 3 nitrogen and oxygen atoms in total. The smallest absolute Gasteiger partial charge is 0.252 e. The van der Waals surface area contributed by atoms with Crippen molar-refractivity contribution in [2.75, 3.05) is 0 Å². The first-order chi connectivity index (χ1) is 14.1. The molecule has 29 heavy (non-hydrogen) atoms. The summed E-state index contributed by atoms with van der Waals surface area (Å²) in [5.74, 6) is -0.495. The van der Waals surface area contributed by atoms with E-state index >= 15 is 0 Å². The van der Waals surface area contributed by atoms with Crippen LogP contribution in [0.25, 0.3) is 10.9 Å². The van der Waals surface area contributed by atoms with E-state index in [1.165, 1.54) is 23.9 Å². The van der Waals surface area contributed by atoms with Crippen LogP contribution in [0.4, 0.5) is 4.39 Å². The number of aromatic nitrogens is 1. The molecule has 0 aliphatic heterocycles. The lowest BCUT2D eigenvalue weighted by Crippen LogP contribution is -2.23. The van der Waals surface area contributed by atoms with Crippen molar-refractivity contribution >= 4 is 40.2 Å². The standard InChI is InChI=1S/C23H16ClFN2OS/c24-20-7-3-1-5-15(20)14-26-23(28)19-13-22(27-21-8-4-2-6-18(19)21)29-17-11-9-16(25)10-12-17/h1-13H,14H2,(H,26,28). The summed E-state index contributed by atoms with van der Waals surface area (Å²) >= 11 is 7.56. The number of amides is 1.